The Hall–Kier alpha value is -3.95. The lowest BCUT2D eigenvalue weighted by molar-refractivity contribution is -0.122. The number of ether oxygens (including phenoxy) is 1. The number of aryl methyl sites for hydroxylation is 1. The topological polar surface area (TPSA) is 116 Å². The Morgan fingerprint density at radius 2 is 1.94 bits per heavy atom. The molecule has 31 heavy (non-hydrogen) atoms. The van der Waals surface area contributed by atoms with Crippen LogP contribution in [0.2, 0.25) is 0 Å². The Bertz CT molecular complexity index is 1330. The van der Waals surface area contributed by atoms with Crippen LogP contribution in [0.25, 0.3) is 11.0 Å². The summed E-state index contributed by atoms with van der Waals surface area (Å²) >= 11 is 0. The maximum Gasteiger partial charge on any atom is 0.332 e. The molecule has 3 aromatic rings. The van der Waals surface area contributed by atoms with Crippen LogP contribution >= 0.6 is 0 Å². The Morgan fingerprint density at radius 1 is 1.16 bits per heavy atom. The number of rotatable bonds is 4. The lowest BCUT2D eigenvalue weighted by Gasteiger charge is -2.17. The van der Waals surface area contributed by atoms with E-state index in [1.807, 2.05) is 0 Å². The van der Waals surface area contributed by atoms with Crippen LogP contribution in [0.1, 0.15) is 6.42 Å². The van der Waals surface area contributed by atoms with Crippen molar-refractivity contribution in [2.45, 2.75) is 6.42 Å². The molecule has 0 bridgehead atoms. The minimum atomic E-state index is -0.599. The van der Waals surface area contributed by atoms with Gasteiger partial charge in [-0.3, -0.25) is 23.5 Å². The van der Waals surface area contributed by atoms with Crippen molar-refractivity contribution in [3.63, 3.8) is 0 Å². The SMILES string of the molecule is COc1cccc(N2CC(C(=O)Nc3ccnc4c3c(=O)n(C)c(=O)n4C)CC2=O)c1. The fourth-order valence-electron chi connectivity index (χ4n) is 3.74. The van der Waals surface area contributed by atoms with E-state index >= 15 is 0 Å². The summed E-state index contributed by atoms with van der Waals surface area (Å²) in [5.74, 6) is -0.547. The lowest BCUT2D eigenvalue weighted by atomic mass is 10.1. The van der Waals surface area contributed by atoms with Crippen LogP contribution in [0.3, 0.4) is 0 Å². The van der Waals surface area contributed by atoms with Crippen LogP contribution in [-0.4, -0.2) is 39.6 Å². The second-order valence-electron chi connectivity index (χ2n) is 7.36. The number of benzene rings is 1. The minimum absolute atomic E-state index is 0.0442. The number of hydrogen-bond acceptors (Lipinski definition) is 6. The van der Waals surface area contributed by atoms with Gasteiger partial charge in [-0.2, -0.15) is 0 Å². The molecule has 0 aliphatic carbocycles. The Labute approximate surface area is 176 Å². The van der Waals surface area contributed by atoms with Crippen LogP contribution in [0.15, 0.2) is 46.1 Å². The van der Waals surface area contributed by atoms with Gasteiger partial charge in [0.2, 0.25) is 11.8 Å². The summed E-state index contributed by atoms with van der Waals surface area (Å²) in [6.07, 6.45) is 1.46. The average molecular weight is 423 g/mol. The molecule has 3 heterocycles. The third-order valence-electron chi connectivity index (χ3n) is 5.46. The zero-order valence-electron chi connectivity index (χ0n) is 17.3. The molecule has 1 N–H and O–H groups in total. The van der Waals surface area contributed by atoms with Crippen molar-refractivity contribution in [1.82, 2.24) is 14.1 Å². The van der Waals surface area contributed by atoms with Crippen LogP contribution in [-0.2, 0) is 23.7 Å². The third kappa shape index (κ3) is 3.45. The predicted octanol–water partition coefficient (Wildman–Crippen LogP) is 0.632. The van der Waals surface area contributed by atoms with Crippen molar-refractivity contribution < 1.29 is 14.3 Å². The van der Waals surface area contributed by atoms with Gasteiger partial charge in [0.25, 0.3) is 5.56 Å². The maximum atomic E-state index is 12.9. The average Bonchev–Trinajstić information content (AvgIpc) is 3.18. The summed E-state index contributed by atoms with van der Waals surface area (Å²) in [5.41, 5.74) is 0.00793. The number of carbonyl (C=O) groups is 2. The van der Waals surface area contributed by atoms with Gasteiger partial charge in [0.15, 0.2) is 5.65 Å². The largest absolute Gasteiger partial charge is 0.497 e. The van der Waals surface area contributed by atoms with Crippen LogP contribution in [0.4, 0.5) is 11.4 Å². The predicted molar refractivity (Wildman–Crippen MR) is 114 cm³/mol. The maximum absolute atomic E-state index is 12.9. The van der Waals surface area contributed by atoms with Gasteiger partial charge in [-0.05, 0) is 18.2 Å². The molecule has 1 unspecified atom stereocenters. The summed E-state index contributed by atoms with van der Waals surface area (Å²) in [4.78, 5) is 55.9. The summed E-state index contributed by atoms with van der Waals surface area (Å²) in [6.45, 7) is 0.206. The van der Waals surface area contributed by atoms with E-state index in [-0.39, 0.29) is 41.5 Å². The first kappa shape index (κ1) is 20.3. The van der Waals surface area contributed by atoms with Gasteiger partial charge in [0, 0.05) is 45.0 Å². The summed E-state index contributed by atoms with van der Waals surface area (Å²) in [7, 11) is 4.41. The molecule has 0 radical (unpaired) electrons. The highest BCUT2D eigenvalue weighted by atomic mass is 16.5. The van der Waals surface area contributed by atoms with Crippen LogP contribution in [0, 0.1) is 5.92 Å². The summed E-state index contributed by atoms with van der Waals surface area (Å²) < 4.78 is 7.41. The van der Waals surface area contributed by atoms with E-state index in [0.29, 0.717) is 11.4 Å². The number of fused-ring (bicyclic) bond motifs is 1. The molecule has 1 aromatic carbocycles. The van der Waals surface area contributed by atoms with Gasteiger partial charge in [-0.15, -0.1) is 0 Å². The second-order valence-corrected chi connectivity index (χ2v) is 7.36. The lowest BCUT2D eigenvalue weighted by Crippen LogP contribution is -2.38. The number of nitrogens with zero attached hydrogens (tertiary/aromatic N) is 4. The molecule has 2 amide bonds. The Balaban J connectivity index is 1.62. The van der Waals surface area contributed by atoms with E-state index in [1.54, 1.807) is 36.3 Å². The van der Waals surface area contributed by atoms with E-state index in [4.69, 9.17) is 4.74 Å². The zero-order chi connectivity index (χ0) is 22.3. The summed E-state index contributed by atoms with van der Waals surface area (Å²) in [5, 5.41) is 2.88. The molecule has 1 aliphatic heterocycles. The van der Waals surface area contributed by atoms with Gasteiger partial charge in [0.1, 0.15) is 11.1 Å². The van der Waals surface area contributed by atoms with Gasteiger partial charge in [-0.1, -0.05) is 6.07 Å². The first-order chi connectivity index (χ1) is 14.8. The van der Waals surface area contributed by atoms with Gasteiger partial charge >= 0.3 is 5.69 Å². The second kappa shape index (κ2) is 7.71. The molecule has 160 valence electrons. The molecule has 0 saturated carbocycles. The number of hydrogen-bond donors (Lipinski definition) is 1. The highest BCUT2D eigenvalue weighted by Crippen LogP contribution is 2.29. The van der Waals surface area contributed by atoms with Crippen LogP contribution < -0.4 is 26.2 Å². The number of anilines is 2. The van der Waals surface area contributed by atoms with Crippen molar-refractivity contribution in [2.24, 2.45) is 20.0 Å². The van der Waals surface area contributed by atoms with E-state index in [9.17, 15) is 19.2 Å². The van der Waals surface area contributed by atoms with Gasteiger partial charge < -0.3 is 15.0 Å². The third-order valence-corrected chi connectivity index (χ3v) is 5.46. The highest BCUT2D eigenvalue weighted by molar-refractivity contribution is 6.06. The van der Waals surface area contributed by atoms with Crippen LogP contribution in [0.5, 0.6) is 5.75 Å². The van der Waals surface area contributed by atoms with Gasteiger partial charge in [-0.25, -0.2) is 9.78 Å². The van der Waals surface area contributed by atoms with Crippen molar-refractivity contribution in [3.8, 4) is 5.75 Å². The zero-order valence-corrected chi connectivity index (χ0v) is 17.3. The normalized spacial score (nSPS) is 16.0. The van der Waals surface area contributed by atoms with Crippen molar-refractivity contribution in [3.05, 3.63) is 57.4 Å². The summed E-state index contributed by atoms with van der Waals surface area (Å²) in [6, 6.07) is 8.57. The number of pyridine rings is 1. The number of carbonyl (C=O) groups excluding carboxylic acids is 2. The molecular formula is C21H21N5O5. The van der Waals surface area contributed by atoms with Crippen molar-refractivity contribution >= 4 is 34.2 Å². The first-order valence-corrected chi connectivity index (χ1v) is 9.62. The monoisotopic (exact) mass is 423 g/mol. The van der Waals surface area contributed by atoms with E-state index < -0.39 is 17.2 Å². The fourth-order valence-corrected chi connectivity index (χ4v) is 3.74. The van der Waals surface area contributed by atoms with Gasteiger partial charge in [0.05, 0.1) is 18.7 Å². The number of nitrogens with one attached hydrogen (secondary N) is 1. The molecule has 1 fully saturated rings. The molecule has 10 nitrogen and oxygen atoms in total. The van der Waals surface area contributed by atoms with Crippen molar-refractivity contribution in [1.29, 1.82) is 0 Å². The standard InChI is InChI=1S/C21H21N5O5/c1-24-18-17(20(29)25(2)21(24)30)15(7-8-22-18)23-19(28)12-9-16(27)26(11-12)13-5-4-6-14(10-13)31-3/h4-8,10,12H,9,11H2,1-3H3,(H,22,23,28). The molecule has 2 aromatic heterocycles. The first-order valence-electron chi connectivity index (χ1n) is 9.62. The number of amides is 2. The molecule has 1 atom stereocenters. The molecule has 10 heteroatoms. The Kier molecular flexibility index (Phi) is 5.05. The molecular weight excluding hydrogens is 402 g/mol. The quantitative estimate of drug-likeness (QED) is 0.658. The van der Waals surface area contributed by atoms with E-state index in [2.05, 4.69) is 10.3 Å². The Morgan fingerprint density at radius 3 is 2.68 bits per heavy atom. The highest BCUT2D eigenvalue weighted by Gasteiger charge is 2.35. The van der Waals surface area contributed by atoms with Crippen molar-refractivity contribution in [2.75, 3.05) is 23.9 Å². The number of aromatic nitrogens is 3. The van der Waals surface area contributed by atoms with E-state index in [1.165, 1.54) is 30.9 Å². The molecule has 1 aliphatic rings. The molecule has 1 saturated heterocycles. The number of methoxy groups -OCH3 is 1. The minimum Gasteiger partial charge on any atom is -0.497 e. The fraction of sp³-hybridized carbons (Fsp3) is 0.286. The molecule has 0 spiro atoms. The smallest absolute Gasteiger partial charge is 0.332 e. The molecule has 4 rings (SSSR count). The van der Waals surface area contributed by atoms with E-state index in [0.717, 1.165) is 4.57 Å².